The molecule has 2 aliphatic carbocycles. The fourth-order valence-electron chi connectivity index (χ4n) is 5.21. The van der Waals surface area contributed by atoms with Gasteiger partial charge in [-0.25, -0.2) is 9.97 Å². The van der Waals surface area contributed by atoms with Crippen LogP contribution in [0.25, 0.3) is 11.0 Å². The zero-order chi connectivity index (χ0) is 23.2. The first kappa shape index (κ1) is 22.2. The van der Waals surface area contributed by atoms with Crippen LogP contribution in [0.4, 0.5) is 5.82 Å². The Kier molecular flexibility index (Phi) is 5.83. The van der Waals surface area contributed by atoms with E-state index in [2.05, 4.69) is 32.1 Å². The van der Waals surface area contributed by atoms with Crippen molar-refractivity contribution in [1.29, 1.82) is 0 Å². The standard InChI is InChI=1S/C22H27N5O5S/c1-32-19-9-13-4-2-3-5-16(13)20(19)26-21-17-6-7-27(22(17)24-12-23-21)15-8-14(18(28)10-15)11-25-33(29,30)31/h2-7,12,14-15,18-20,25,28H,8-11H2,1H3,(H,23,24,26)(H,29,30,31)/t14-,15+,18-,19+,20+/m0/s1. The molecule has 3 aromatic rings. The number of methoxy groups -OCH3 is 1. The summed E-state index contributed by atoms with van der Waals surface area (Å²) in [7, 11) is -2.58. The lowest BCUT2D eigenvalue weighted by atomic mass is 10.1. The number of benzene rings is 1. The van der Waals surface area contributed by atoms with Crippen molar-refractivity contribution in [2.45, 2.75) is 43.6 Å². The van der Waals surface area contributed by atoms with Crippen LogP contribution in [-0.2, 0) is 21.5 Å². The van der Waals surface area contributed by atoms with E-state index in [1.165, 1.54) is 17.5 Å². The van der Waals surface area contributed by atoms with Crippen molar-refractivity contribution in [2.75, 3.05) is 19.0 Å². The maximum absolute atomic E-state index is 11.0. The van der Waals surface area contributed by atoms with Crippen LogP contribution in [0, 0.1) is 5.92 Å². The van der Waals surface area contributed by atoms with Crippen LogP contribution in [0.5, 0.6) is 0 Å². The summed E-state index contributed by atoms with van der Waals surface area (Å²) in [6, 6.07) is 10.2. The van der Waals surface area contributed by atoms with Gasteiger partial charge in [0, 0.05) is 38.2 Å². The van der Waals surface area contributed by atoms with Crippen molar-refractivity contribution in [3.8, 4) is 0 Å². The molecule has 0 spiro atoms. The molecule has 11 heteroatoms. The molecule has 0 saturated heterocycles. The van der Waals surface area contributed by atoms with E-state index in [9.17, 15) is 13.5 Å². The van der Waals surface area contributed by atoms with E-state index in [0.29, 0.717) is 18.7 Å². The van der Waals surface area contributed by atoms with E-state index in [1.54, 1.807) is 7.11 Å². The summed E-state index contributed by atoms with van der Waals surface area (Å²) in [5.41, 5.74) is 3.20. The number of nitrogens with zero attached hydrogens (tertiary/aromatic N) is 3. The zero-order valence-corrected chi connectivity index (χ0v) is 18.9. The second-order valence-corrected chi connectivity index (χ2v) is 10.00. The van der Waals surface area contributed by atoms with Crippen molar-refractivity contribution in [3.05, 3.63) is 54.0 Å². The number of ether oxygens (including phenoxy) is 1. The van der Waals surface area contributed by atoms with E-state index in [0.717, 1.165) is 17.5 Å². The van der Waals surface area contributed by atoms with Crippen LogP contribution >= 0.6 is 0 Å². The lowest BCUT2D eigenvalue weighted by molar-refractivity contribution is 0.0960. The van der Waals surface area contributed by atoms with Crippen LogP contribution in [0.1, 0.15) is 36.1 Å². The average Bonchev–Trinajstić information content (AvgIpc) is 3.47. The van der Waals surface area contributed by atoms with Gasteiger partial charge in [-0.15, -0.1) is 0 Å². The first-order chi connectivity index (χ1) is 15.8. The second kappa shape index (κ2) is 8.65. The van der Waals surface area contributed by atoms with E-state index < -0.39 is 16.4 Å². The Bertz CT molecular complexity index is 1260. The highest BCUT2D eigenvalue weighted by atomic mass is 32.2. The van der Waals surface area contributed by atoms with Crippen LogP contribution in [0.2, 0.25) is 0 Å². The second-order valence-electron chi connectivity index (χ2n) is 8.76. The zero-order valence-electron chi connectivity index (χ0n) is 18.1. The van der Waals surface area contributed by atoms with Gasteiger partial charge in [0.05, 0.1) is 23.6 Å². The summed E-state index contributed by atoms with van der Waals surface area (Å²) >= 11 is 0. The number of aliphatic hydroxyl groups excluding tert-OH is 1. The monoisotopic (exact) mass is 473 g/mol. The Labute approximate surface area is 191 Å². The summed E-state index contributed by atoms with van der Waals surface area (Å²) in [6.45, 7) is -0.0169. The van der Waals surface area contributed by atoms with Gasteiger partial charge in [-0.05, 0) is 30.0 Å². The number of fused-ring (bicyclic) bond motifs is 2. The topological polar surface area (TPSA) is 139 Å². The van der Waals surface area contributed by atoms with Crippen molar-refractivity contribution >= 4 is 27.2 Å². The number of hydrogen-bond donors (Lipinski definition) is 4. The van der Waals surface area contributed by atoms with Crippen molar-refractivity contribution in [3.63, 3.8) is 0 Å². The van der Waals surface area contributed by atoms with Gasteiger partial charge in [-0.3, -0.25) is 4.55 Å². The minimum absolute atomic E-state index is 0.00413. The number of hydrogen-bond acceptors (Lipinski definition) is 7. The Morgan fingerprint density at radius 2 is 2.03 bits per heavy atom. The number of rotatable bonds is 7. The Balaban J connectivity index is 1.39. The van der Waals surface area contributed by atoms with E-state index in [4.69, 9.17) is 9.29 Å². The van der Waals surface area contributed by atoms with E-state index >= 15 is 0 Å². The first-order valence-corrected chi connectivity index (χ1v) is 12.4. The lowest BCUT2D eigenvalue weighted by Crippen LogP contribution is -2.31. The normalized spacial score (nSPS) is 27.2. The molecule has 1 fully saturated rings. The summed E-state index contributed by atoms with van der Waals surface area (Å²) in [4.78, 5) is 8.98. The molecule has 10 nitrogen and oxygen atoms in total. The highest BCUT2D eigenvalue weighted by Gasteiger charge is 2.36. The lowest BCUT2D eigenvalue weighted by Gasteiger charge is -2.22. The fourth-order valence-corrected chi connectivity index (χ4v) is 5.63. The van der Waals surface area contributed by atoms with Crippen LogP contribution < -0.4 is 10.0 Å². The predicted octanol–water partition coefficient (Wildman–Crippen LogP) is 1.86. The van der Waals surface area contributed by atoms with E-state index in [-0.39, 0.29) is 30.7 Å². The smallest absolute Gasteiger partial charge is 0.333 e. The van der Waals surface area contributed by atoms with Gasteiger partial charge in [0.2, 0.25) is 0 Å². The molecule has 2 aliphatic rings. The van der Waals surface area contributed by atoms with Crippen LogP contribution in [0.15, 0.2) is 42.9 Å². The van der Waals surface area contributed by atoms with Gasteiger partial charge in [0.1, 0.15) is 17.8 Å². The molecule has 0 radical (unpaired) electrons. The maximum atomic E-state index is 11.0. The van der Waals surface area contributed by atoms with Gasteiger partial charge < -0.3 is 19.7 Å². The van der Waals surface area contributed by atoms with Gasteiger partial charge in [-0.2, -0.15) is 13.1 Å². The number of anilines is 1. The Morgan fingerprint density at radius 3 is 2.82 bits per heavy atom. The van der Waals surface area contributed by atoms with Crippen molar-refractivity contribution < 1.29 is 22.8 Å². The molecule has 5 atom stereocenters. The molecule has 4 N–H and O–H groups in total. The summed E-state index contributed by atoms with van der Waals surface area (Å²) in [5.74, 6) is 0.414. The molecule has 2 aromatic heterocycles. The number of aliphatic hydroxyl groups is 1. The van der Waals surface area contributed by atoms with Crippen molar-refractivity contribution in [2.24, 2.45) is 5.92 Å². The highest BCUT2D eigenvalue weighted by Crippen LogP contribution is 2.39. The Hall–Kier alpha value is -2.57. The molecule has 0 aliphatic heterocycles. The minimum Gasteiger partial charge on any atom is -0.393 e. The number of nitrogens with one attached hydrogen (secondary N) is 2. The largest absolute Gasteiger partial charge is 0.393 e. The summed E-state index contributed by atoms with van der Waals surface area (Å²) in [6.07, 6.45) is 4.62. The Morgan fingerprint density at radius 1 is 1.21 bits per heavy atom. The predicted molar refractivity (Wildman–Crippen MR) is 122 cm³/mol. The van der Waals surface area contributed by atoms with Gasteiger partial charge in [0.25, 0.3) is 0 Å². The molecule has 0 bridgehead atoms. The molecule has 0 unspecified atom stereocenters. The third kappa shape index (κ3) is 4.34. The van der Waals surface area contributed by atoms with Gasteiger partial charge in [0.15, 0.2) is 0 Å². The fraction of sp³-hybridized carbons (Fsp3) is 0.455. The minimum atomic E-state index is -4.29. The molecule has 1 saturated carbocycles. The molecule has 0 amide bonds. The first-order valence-electron chi connectivity index (χ1n) is 10.9. The quantitative estimate of drug-likeness (QED) is 0.382. The summed E-state index contributed by atoms with van der Waals surface area (Å²) in [5, 5.41) is 14.9. The SMILES string of the molecule is CO[C@@H]1Cc2ccccc2[C@H]1Nc1ncnc2c1ccn2[C@@H]1C[C@@H](CNS(=O)(=O)O)[C@@H](O)C1. The molecule has 5 rings (SSSR count). The molecule has 2 heterocycles. The van der Waals surface area contributed by atoms with E-state index in [1.807, 2.05) is 29.0 Å². The third-order valence-electron chi connectivity index (χ3n) is 6.84. The maximum Gasteiger partial charge on any atom is 0.333 e. The summed E-state index contributed by atoms with van der Waals surface area (Å²) < 4.78 is 40.8. The molecular weight excluding hydrogens is 446 g/mol. The molecular formula is C22H27N5O5S. The van der Waals surface area contributed by atoms with Crippen LogP contribution in [-0.4, -0.2) is 58.5 Å². The third-order valence-corrected chi connectivity index (χ3v) is 7.37. The number of aromatic nitrogens is 3. The van der Waals surface area contributed by atoms with Crippen molar-refractivity contribution in [1.82, 2.24) is 19.3 Å². The molecule has 1 aromatic carbocycles. The van der Waals surface area contributed by atoms with Gasteiger partial charge >= 0.3 is 10.3 Å². The molecule has 33 heavy (non-hydrogen) atoms. The average molecular weight is 474 g/mol. The molecule has 176 valence electrons. The van der Waals surface area contributed by atoms with Gasteiger partial charge in [-0.1, -0.05) is 24.3 Å². The van der Waals surface area contributed by atoms with Crippen LogP contribution in [0.3, 0.4) is 0 Å². The highest BCUT2D eigenvalue weighted by molar-refractivity contribution is 7.83.